The van der Waals surface area contributed by atoms with Gasteiger partial charge in [0, 0.05) is 32.6 Å². The fraction of sp³-hybridized carbons (Fsp3) is 0. The number of hydrogen-bond donors (Lipinski definition) is 0. The van der Waals surface area contributed by atoms with Gasteiger partial charge in [-0.05, 0) is 87.3 Å². The minimum Gasteiger partial charge on any atom is -0.309 e. The van der Waals surface area contributed by atoms with Gasteiger partial charge in [-0.15, -0.1) is 0 Å². The van der Waals surface area contributed by atoms with E-state index in [0.717, 1.165) is 44.4 Å². The molecule has 0 fully saturated rings. The second-order valence-corrected chi connectivity index (χ2v) is 13.5. The summed E-state index contributed by atoms with van der Waals surface area (Å²) in [6.45, 7) is 0. The zero-order chi connectivity index (χ0) is 34.3. The molecule has 11 aromatic rings. The van der Waals surface area contributed by atoms with Crippen molar-refractivity contribution in [2.75, 3.05) is 0 Å². The molecule has 0 aliphatic rings. The Morgan fingerprint density at radius 1 is 0.442 bits per heavy atom. The molecule has 8 aromatic carbocycles. The fourth-order valence-corrected chi connectivity index (χ4v) is 8.50. The van der Waals surface area contributed by atoms with E-state index in [1.54, 1.807) is 0 Å². The number of para-hydroxylation sites is 3. The summed E-state index contributed by atoms with van der Waals surface area (Å²) in [5.74, 6) is 0.734. The van der Waals surface area contributed by atoms with Crippen molar-refractivity contribution in [3.63, 3.8) is 0 Å². The minimum atomic E-state index is 0.613. The SMILES string of the molecule is N#Cc1cc(-n2c3ccc(-c4cc5c(c6ccccc46)c4ccccc4n5-c4ccccc4)cc3c3c4ccccc4ccc32)nc2ccccc12. The second kappa shape index (κ2) is 10.9. The molecule has 3 heterocycles. The number of nitriles is 1. The third kappa shape index (κ3) is 3.99. The Balaban J connectivity index is 1.26. The van der Waals surface area contributed by atoms with E-state index in [1.807, 2.05) is 30.3 Å². The number of fused-ring (bicyclic) bond motifs is 11. The van der Waals surface area contributed by atoms with E-state index in [2.05, 4.69) is 155 Å². The first-order valence-corrected chi connectivity index (χ1v) is 17.5. The first-order valence-electron chi connectivity index (χ1n) is 17.5. The lowest BCUT2D eigenvalue weighted by Gasteiger charge is -2.13. The van der Waals surface area contributed by atoms with Crippen molar-refractivity contribution in [2.45, 2.75) is 0 Å². The normalized spacial score (nSPS) is 11.8. The third-order valence-corrected chi connectivity index (χ3v) is 10.7. The van der Waals surface area contributed by atoms with E-state index in [4.69, 9.17) is 4.98 Å². The highest BCUT2D eigenvalue weighted by Crippen LogP contribution is 2.44. The quantitative estimate of drug-likeness (QED) is 0.189. The lowest BCUT2D eigenvalue weighted by atomic mass is 9.93. The van der Waals surface area contributed by atoms with Crippen molar-refractivity contribution in [1.82, 2.24) is 14.1 Å². The van der Waals surface area contributed by atoms with E-state index in [0.29, 0.717) is 5.56 Å². The fourth-order valence-electron chi connectivity index (χ4n) is 8.50. The number of pyridine rings is 1. The lowest BCUT2D eigenvalue weighted by molar-refractivity contribution is 1.10. The summed E-state index contributed by atoms with van der Waals surface area (Å²) < 4.78 is 4.62. The Morgan fingerprint density at radius 3 is 1.94 bits per heavy atom. The summed E-state index contributed by atoms with van der Waals surface area (Å²) in [4.78, 5) is 5.13. The van der Waals surface area contributed by atoms with Gasteiger partial charge in [-0.3, -0.25) is 4.57 Å². The summed E-state index contributed by atoms with van der Waals surface area (Å²) >= 11 is 0. The van der Waals surface area contributed by atoms with Gasteiger partial charge in [-0.1, -0.05) is 115 Å². The van der Waals surface area contributed by atoms with Gasteiger partial charge in [-0.2, -0.15) is 5.26 Å². The molecule has 11 rings (SSSR count). The topological polar surface area (TPSA) is 46.5 Å². The van der Waals surface area contributed by atoms with Crippen molar-refractivity contribution in [3.8, 4) is 28.7 Å². The molecule has 0 saturated heterocycles. The van der Waals surface area contributed by atoms with Crippen LogP contribution in [0.5, 0.6) is 0 Å². The van der Waals surface area contributed by atoms with Crippen molar-refractivity contribution < 1.29 is 0 Å². The second-order valence-electron chi connectivity index (χ2n) is 13.5. The van der Waals surface area contributed by atoms with E-state index < -0.39 is 0 Å². The molecule has 0 spiro atoms. The van der Waals surface area contributed by atoms with E-state index in [1.165, 1.54) is 54.3 Å². The number of benzene rings is 8. The molecule has 0 N–H and O–H groups in total. The van der Waals surface area contributed by atoms with E-state index in [9.17, 15) is 5.26 Å². The maximum absolute atomic E-state index is 10.2. The van der Waals surface area contributed by atoms with E-state index >= 15 is 0 Å². The van der Waals surface area contributed by atoms with Crippen LogP contribution in [-0.4, -0.2) is 14.1 Å². The average Bonchev–Trinajstić information content (AvgIpc) is 3.73. The Labute approximate surface area is 298 Å². The van der Waals surface area contributed by atoms with Gasteiger partial charge in [-0.25, -0.2) is 4.98 Å². The van der Waals surface area contributed by atoms with Gasteiger partial charge >= 0.3 is 0 Å². The molecule has 0 saturated carbocycles. The van der Waals surface area contributed by atoms with Crippen molar-refractivity contribution in [2.24, 2.45) is 0 Å². The first kappa shape index (κ1) is 28.6. The van der Waals surface area contributed by atoms with Crippen LogP contribution in [0.3, 0.4) is 0 Å². The maximum atomic E-state index is 10.2. The third-order valence-electron chi connectivity index (χ3n) is 10.7. The van der Waals surface area contributed by atoms with Gasteiger partial charge in [0.25, 0.3) is 0 Å². The average molecular weight is 661 g/mol. The monoisotopic (exact) mass is 660 g/mol. The predicted molar refractivity (Wildman–Crippen MR) is 216 cm³/mol. The standard InChI is InChI=1S/C48H28N4/c49-29-32-27-46(50-41-20-10-8-15-34(32)41)52-43-24-23-31(26-40(43)47-35-16-5-4-12-30(35)22-25-44(47)52)39-28-45-48(37-18-7-6-17-36(37)39)38-19-9-11-21-42(38)51(45)33-13-2-1-3-14-33/h1-28H. The van der Waals surface area contributed by atoms with Crippen LogP contribution in [0.4, 0.5) is 0 Å². The summed E-state index contributed by atoms with van der Waals surface area (Å²) in [6.07, 6.45) is 0. The lowest BCUT2D eigenvalue weighted by Crippen LogP contribution is -1.99. The molecule has 3 aromatic heterocycles. The van der Waals surface area contributed by atoms with Gasteiger partial charge in [0.05, 0.1) is 39.2 Å². The van der Waals surface area contributed by atoms with Crippen LogP contribution in [-0.2, 0) is 0 Å². The van der Waals surface area contributed by atoms with Crippen LogP contribution in [0.1, 0.15) is 5.56 Å². The summed E-state index contributed by atoms with van der Waals surface area (Å²) in [6, 6.07) is 62.6. The molecule has 0 aliphatic carbocycles. The number of aromatic nitrogens is 3. The molecule has 0 bridgehead atoms. The van der Waals surface area contributed by atoms with Gasteiger partial charge < -0.3 is 4.57 Å². The number of nitrogens with zero attached hydrogens (tertiary/aromatic N) is 4. The molecule has 4 nitrogen and oxygen atoms in total. The Bertz CT molecular complexity index is 3300. The Kier molecular flexibility index (Phi) is 5.99. The van der Waals surface area contributed by atoms with Crippen molar-refractivity contribution in [3.05, 3.63) is 175 Å². The molecule has 0 radical (unpaired) electrons. The van der Waals surface area contributed by atoms with Crippen LogP contribution in [0, 0.1) is 11.3 Å². The van der Waals surface area contributed by atoms with Crippen LogP contribution in [0.25, 0.3) is 98.7 Å². The van der Waals surface area contributed by atoms with Gasteiger partial charge in [0.15, 0.2) is 0 Å². The minimum absolute atomic E-state index is 0.613. The molecular weight excluding hydrogens is 633 g/mol. The van der Waals surface area contributed by atoms with Crippen molar-refractivity contribution in [1.29, 1.82) is 5.26 Å². The number of hydrogen-bond acceptors (Lipinski definition) is 2. The van der Waals surface area contributed by atoms with Crippen LogP contribution < -0.4 is 0 Å². The highest BCUT2D eigenvalue weighted by molar-refractivity contribution is 6.25. The summed E-state index contributed by atoms with van der Waals surface area (Å²) in [7, 11) is 0. The zero-order valence-corrected chi connectivity index (χ0v) is 28.0. The molecule has 0 aliphatic heterocycles. The van der Waals surface area contributed by atoms with Crippen LogP contribution >= 0.6 is 0 Å². The molecule has 0 unspecified atom stereocenters. The highest BCUT2D eigenvalue weighted by Gasteiger charge is 2.21. The van der Waals surface area contributed by atoms with Crippen molar-refractivity contribution >= 4 is 76.1 Å². The predicted octanol–water partition coefficient (Wildman–Crippen LogP) is 12.3. The highest BCUT2D eigenvalue weighted by atomic mass is 15.1. The molecule has 4 heteroatoms. The van der Waals surface area contributed by atoms with Crippen LogP contribution in [0.2, 0.25) is 0 Å². The van der Waals surface area contributed by atoms with Gasteiger partial charge in [0.2, 0.25) is 0 Å². The zero-order valence-electron chi connectivity index (χ0n) is 28.0. The molecule has 0 amide bonds. The summed E-state index contributed by atoms with van der Waals surface area (Å²) in [5, 5.41) is 20.7. The molecular formula is C48H28N4. The number of rotatable bonds is 3. The molecule has 52 heavy (non-hydrogen) atoms. The first-order chi connectivity index (χ1) is 25.8. The Morgan fingerprint density at radius 2 is 1.10 bits per heavy atom. The van der Waals surface area contributed by atoms with Crippen LogP contribution in [0.15, 0.2) is 170 Å². The Hall–Kier alpha value is -7.22. The largest absolute Gasteiger partial charge is 0.309 e. The van der Waals surface area contributed by atoms with Gasteiger partial charge in [0.1, 0.15) is 5.82 Å². The molecule has 240 valence electrons. The summed E-state index contributed by atoms with van der Waals surface area (Å²) in [5.41, 5.74) is 9.36. The maximum Gasteiger partial charge on any atom is 0.139 e. The smallest absolute Gasteiger partial charge is 0.139 e. The molecule has 0 atom stereocenters. The van der Waals surface area contributed by atoms with E-state index in [-0.39, 0.29) is 0 Å².